The zero-order chi connectivity index (χ0) is 12.0. The Morgan fingerprint density at radius 1 is 1.27 bits per heavy atom. The molecule has 1 unspecified atom stereocenters. The molecule has 15 heavy (non-hydrogen) atoms. The molecule has 90 valence electrons. The van der Waals surface area contributed by atoms with E-state index in [1.54, 1.807) is 0 Å². The van der Waals surface area contributed by atoms with Crippen molar-refractivity contribution in [3.8, 4) is 0 Å². The van der Waals surface area contributed by atoms with Crippen LogP contribution in [0.1, 0.15) is 34.1 Å². The number of carbonyl (C=O) groups is 1. The van der Waals surface area contributed by atoms with Gasteiger partial charge >= 0.3 is 5.97 Å². The maximum Gasteiger partial charge on any atom is 0.308 e. The Morgan fingerprint density at radius 2 is 1.80 bits per heavy atom. The summed E-state index contributed by atoms with van der Waals surface area (Å²) in [5.74, 6) is -0.0534. The van der Waals surface area contributed by atoms with E-state index in [0.717, 1.165) is 13.0 Å². The maximum atomic E-state index is 11.0. The average molecular weight is 215 g/mol. The second-order valence-electron chi connectivity index (χ2n) is 5.13. The Hall–Kier alpha value is -0.570. The molecule has 0 aliphatic heterocycles. The molecule has 0 aromatic rings. The molecule has 1 N–H and O–H groups in total. The Morgan fingerprint density at radius 3 is 2.13 bits per heavy atom. The highest BCUT2D eigenvalue weighted by molar-refractivity contribution is 5.70. The summed E-state index contributed by atoms with van der Waals surface area (Å²) in [6.07, 6.45) is 1.13. The van der Waals surface area contributed by atoms with Crippen molar-refractivity contribution < 1.29 is 9.90 Å². The van der Waals surface area contributed by atoms with Gasteiger partial charge in [0, 0.05) is 6.54 Å². The van der Waals surface area contributed by atoms with Gasteiger partial charge in [-0.05, 0) is 31.8 Å². The van der Waals surface area contributed by atoms with Crippen LogP contribution in [0.5, 0.6) is 0 Å². The molecule has 0 aromatic carbocycles. The van der Waals surface area contributed by atoms with E-state index in [-0.39, 0.29) is 11.8 Å². The van der Waals surface area contributed by atoms with Crippen LogP contribution in [0.25, 0.3) is 0 Å². The van der Waals surface area contributed by atoms with E-state index >= 15 is 0 Å². The molecule has 0 radical (unpaired) electrons. The molecular formula is C12H25NO2. The van der Waals surface area contributed by atoms with E-state index in [4.69, 9.17) is 5.11 Å². The Labute approximate surface area is 93.5 Å². The van der Waals surface area contributed by atoms with Crippen molar-refractivity contribution >= 4 is 5.97 Å². The summed E-state index contributed by atoms with van der Waals surface area (Å²) in [5, 5.41) is 9.04. The molecule has 0 heterocycles. The van der Waals surface area contributed by atoms with Gasteiger partial charge in [-0.15, -0.1) is 0 Å². The number of carboxylic acid groups (broad SMARTS) is 1. The van der Waals surface area contributed by atoms with Gasteiger partial charge in [-0.2, -0.15) is 0 Å². The van der Waals surface area contributed by atoms with Crippen molar-refractivity contribution in [2.75, 3.05) is 20.1 Å². The Bertz CT molecular complexity index is 190. The summed E-state index contributed by atoms with van der Waals surface area (Å²) in [6.45, 7) is 9.94. The summed E-state index contributed by atoms with van der Waals surface area (Å²) in [6, 6.07) is 0. The number of nitrogens with zero attached hydrogens (tertiary/aromatic N) is 1. The molecular weight excluding hydrogens is 190 g/mol. The Balaban J connectivity index is 4.00. The summed E-state index contributed by atoms with van der Waals surface area (Å²) >= 11 is 0. The highest BCUT2D eigenvalue weighted by Gasteiger charge is 2.22. The van der Waals surface area contributed by atoms with Gasteiger partial charge < -0.3 is 10.0 Å². The highest BCUT2D eigenvalue weighted by Crippen LogP contribution is 2.13. The van der Waals surface area contributed by atoms with Crippen molar-refractivity contribution in [1.29, 1.82) is 0 Å². The van der Waals surface area contributed by atoms with Crippen molar-refractivity contribution in [3.05, 3.63) is 0 Å². The number of aliphatic carboxylic acids is 1. The van der Waals surface area contributed by atoms with Crippen LogP contribution in [-0.2, 0) is 4.79 Å². The molecule has 0 amide bonds. The lowest BCUT2D eigenvalue weighted by molar-refractivity contribution is -0.143. The van der Waals surface area contributed by atoms with E-state index in [1.165, 1.54) is 0 Å². The molecule has 0 fully saturated rings. The number of hydrogen-bond acceptors (Lipinski definition) is 2. The lowest BCUT2D eigenvalue weighted by Gasteiger charge is -2.24. The van der Waals surface area contributed by atoms with Gasteiger partial charge in [0.1, 0.15) is 0 Å². The topological polar surface area (TPSA) is 40.5 Å². The summed E-state index contributed by atoms with van der Waals surface area (Å²) in [5.41, 5.74) is 0. The highest BCUT2D eigenvalue weighted by atomic mass is 16.4. The van der Waals surface area contributed by atoms with Crippen LogP contribution in [0.15, 0.2) is 0 Å². The van der Waals surface area contributed by atoms with Crippen molar-refractivity contribution in [2.45, 2.75) is 34.1 Å². The fourth-order valence-corrected chi connectivity index (χ4v) is 1.48. The first kappa shape index (κ1) is 14.4. The fraction of sp³-hybridized carbons (Fsp3) is 0.917. The summed E-state index contributed by atoms with van der Waals surface area (Å²) in [7, 11) is 2.00. The summed E-state index contributed by atoms with van der Waals surface area (Å²) < 4.78 is 0. The fourth-order valence-electron chi connectivity index (χ4n) is 1.48. The third-order valence-electron chi connectivity index (χ3n) is 2.72. The third-order valence-corrected chi connectivity index (χ3v) is 2.72. The molecule has 1 atom stereocenters. The van der Waals surface area contributed by atoms with Gasteiger partial charge in [0.25, 0.3) is 0 Å². The van der Waals surface area contributed by atoms with Crippen LogP contribution in [0.2, 0.25) is 0 Å². The first-order valence-electron chi connectivity index (χ1n) is 5.76. The summed E-state index contributed by atoms with van der Waals surface area (Å²) in [4.78, 5) is 13.1. The van der Waals surface area contributed by atoms with Crippen molar-refractivity contribution in [2.24, 2.45) is 17.8 Å². The molecule has 0 aromatic heterocycles. The molecule has 3 heteroatoms. The van der Waals surface area contributed by atoms with E-state index in [0.29, 0.717) is 12.5 Å². The maximum absolute atomic E-state index is 11.0. The Kier molecular flexibility index (Phi) is 6.57. The minimum Gasteiger partial charge on any atom is -0.481 e. The third kappa shape index (κ3) is 6.50. The van der Waals surface area contributed by atoms with E-state index < -0.39 is 5.97 Å². The normalized spacial score (nSPS) is 13.9. The second-order valence-corrected chi connectivity index (χ2v) is 5.13. The molecule has 0 aliphatic rings. The second kappa shape index (κ2) is 6.83. The van der Waals surface area contributed by atoms with Crippen LogP contribution >= 0.6 is 0 Å². The molecule has 0 rings (SSSR count). The van der Waals surface area contributed by atoms with Crippen LogP contribution < -0.4 is 0 Å². The minimum absolute atomic E-state index is 0.198. The predicted octanol–water partition coefficient (Wildman–Crippen LogP) is 2.32. The first-order chi connectivity index (χ1) is 6.84. The largest absolute Gasteiger partial charge is 0.481 e. The standard InChI is InChI=1S/C12H25NO2/c1-9(2)6-7-13(5)8-11(10(3)4)12(14)15/h9-11H,6-8H2,1-5H3,(H,14,15). The molecule has 0 spiro atoms. The quantitative estimate of drug-likeness (QED) is 0.708. The first-order valence-corrected chi connectivity index (χ1v) is 5.76. The number of carboxylic acids is 1. The zero-order valence-electron chi connectivity index (χ0n) is 10.7. The SMILES string of the molecule is CC(C)CCN(C)CC(C(=O)O)C(C)C. The van der Waals surface area contributed by atoms with Crippen molar-refractivity contribution in [1.82, 2.24) is 4.90 Å². The van der Waals surface area contributed by atoms with Gasteiger partial charge in [-0.25, -0.2) is 0 Å². The number of rotatable bonds is 7. The van der Waals surface area contributed by atoms with Gasteiger partial charge in [-0.1, -0.05) is 27.7 Å². The molecule has 0 aliphatic carbocycles. The lowest BCUT2D eigenvalue weighted by Crippen LogP contribution is -2.34. The number of hydrogen-bond donors (Lipinski definition) is 1. The average Bonchev–Trinajstić information content (AvgIpc) is 2.09. The van der Waals surface area contributed by atoms with Gasteiger partial charge in [-0.3, -0.25) is 4.79 Å². The van der Waals surface area contributed by atoms with E-state index in [2.05, 4.69) is 18.7 Å². The minimum atomic E-state index is -0.679. The molecule has 0 saturated carbocycles. The zero-order valence-corrected chi connectivity index (χ0v) is 10.7. The van der Waals surface area contributed by atoms with Crippen LogP contribution in [0.4, 0.5) is 0 Å². The molecule has 0 bridgehead atoms. The lowest BCUT2D eigenvalue weighted by atomic mass is 9.95. The molecule has 3 nitrogen and oxygen atoms in total. The van der Waals surface area contributed by atoms with Crippen LogP contribution in [0, 0.1) is 17.8 Å². The molecule has 0 saturated heterocycles. The van der Waals surface area contributed by atoms with Crippen LogP contribution in [0.3, 0.4) is 0 Å². The van der Waals surface area contributed by atoms with Crippen LogP contribution in [-0.4, -0.2) is 36.1 Å². The van der Waals surface area contributed by atoms with E-state index in [9.17, 15) is 4.79 Å². The van der Waals surface area contributed by atoms with Gasteiger partial charge in [0.05, 0.1) is 5.92 Å². The predicted molar refractivity (Wildman–Crippen MR) is 62.9 cm³/mol. The smallest absolute Gasteiger partial charge is 0.308 e. The van der Waals surface area contributed by atoms with Gasteiger partial charge in [0.2, 0.25) is 0 Å². The van der Waals surface area contributed by atoms with Crippen molar-refractivity contribution in [3.63, 3.8) is 0 Å². The monoisotopic (exact) mass is 215 g/mol. The van der Waals surface area contributed by atoms with E-state index in [1.807, 2.05) is 20.9 Å². The van der Waals surface area contributed by atoms with Gasteiger partial charge in [0.15, 0.2) is 0 Å².